The van der Waals surface area contributed by atoms with Crippen molar-refractivity contribution >= 4 is 35.0 Å². The molecule has 0 saturated carbocycles. The second-order valence-corrected chi connectivity index (χ2v) is 4.28. The van der Waals surface area contributed by atoms with Crippen LogP contribution in [0.15, 0.2) is 30.6 Å². The lowest BCUT2D eigenvalue weighted by atomic mass is 10.3. The SMILES string of the molecule is O=C(Nc1ccc(Cl)cc1Cl)OCc1cn[nH]c1. The van der Waals surface area contributed by atoms with Crippen molar-refractivity contribution < 1.29 is 9.53 Å². The van der Waals surface area contributed by atoms with E-state index in [0.717, 1.165) is 5.56 Å². The lowest BCUT2D eigenvalue weighted by Gasteiger charge is -2.07. The molecule has 0 unspecified atom stereocenters. The van der Waals surface area contributed by atoms with Gasteiger partial charge in [-0.1, -0.05) is 23.2 Å². The molecule has 18 heavy (non-hydrogen) atoms. The summed E-state index contributed by atoms with van der Waals surface area (Å²) < 4.78 is 4.97. The maximum Gasteiger partial charge on any atom is 0.412 e. The smallest absolute Gasteiger partial charge is 0.412 e. The summed E-state index contributed by atoms with van der Waals surface area (Å²) in [6.45, 7) is 0.132. The first-order valence-corrected chi connectivity index (χ1v) is 5.77. The van der Waals surface area contributed by atoms with Crippen molar-refractivity contribution in [3.05, 3.63) is 46.2 Å². The van der Waals surface area contributed by atoms with E-state index in [1.165, 1.54) is 6.07 Å². The molecule has 94 valence electrons. The lowest BCUT2D eigenvalue weighted by Crippen LogP contribution is -2.13. The molecule has 0 aliphatic carbocycles. The molecule has 0 spiro atoms. The fraction of sp³-hybridized carbons (Fsp3) is 0.0909. The van der Waals surface area contributed by atoms with Gasteiger partial charge in [-0.25, -0.2) is 4.79 Å². The molecule has 2 N–H and O–H groups in total. The Labute approximate surface area is 113 Å². The van der Waals surface area contributed by atoms with E-state index in [2.05, 4.69) is 15.5 Å². The fourth-order valence-electron chi connectivity index (χ4n) is 1.24. The first kappa shape index (κ1) is 12.7. The number of anilines is 1. The molecule has 0 radical (unpaired) electrons. The van der Waals surface area contributed by atoms with Gasteiger partial charge in [0.1, 0.15) is 6.61 Å². The van der Waals surface area contributed by atoms with Crippen LogP contribution in [0.5, 0.6) is 0 Å². The maximum atomic E-state index is 11.5. The van der Waals surface area contributed by atoms with Crippen LogP contribution in [0.4, 0.5) is 10.5 Å². The zero-order valence-electron chi connectivity index (χ0n) is 9.11. The molecule has 0 atom stereocenters. The van der Waals surface area contributed by atoms with Crippen LogP contribution in [0.3, 0.4) is 0 Å². The van der Waals surface area contributed by atoms with E-state index >= 15 is 0 Å². The monoisotopic (exact) mass is 285 g/mol. The zero-order chi connectivity index (χ0) is 13.0. The van der Waals surface area contributed by atoms with Crippen molar-refractivity contribution in [3.63, 3.8) is 0 Å². The number of nitrogens with zero attached hydrogens (tertiary/aromatic N) is 1. The minimum absolute atomic E-state index is 0.132. The Balaban J connectivity index is 1.91. The Hall–Kier alpha value is -1.72. The van der Waals surface area contributed by atoms with Gasteiger partial charge in [0.05, 0.1) is 16.9 Å². The molecule has 0 aliphatic heterocycles. The summed E-state index contributed by atoms with van der Waals surface area (Å²) in [4.78, 5) is 11.5. The van der Waals surface area contributed by atoms with Gasteiger partial charge in [0, 0.05) is 16.8 Å². The predicted molar refractivity (Wildman–Crippen MR) is 68.9 cm³/mol. The Morgan fingerprint density at radius 3 is 2.94 bits per heavy atom. The number of H-pyrrole nitrogens is 1. The van der Waals surface area contributed by atoms with Gasteiger partial charge in [-0.15, -0.1) is 0 Å². The number of nitrogens with one attached hydrogen (secondary N) is 2. The van der Waals surface area contributed by atoms with Crippen molar-refractivity contribution in [2.45, 2.75) is 6.61 Å². The highest BCUT2D eigenvalue weighted by molar-refractivity contribution is 6.36. The van der Waals surface area contributed by atoms with Crippen molar-refractivity contribution in [3.8, 4) is 0 Å². The first-order chi connectivity index (χ1) is 8.65. The lowest BCUT2D eigenvalue weighted by molar-refractivity contribution is 0.155. The molecule has 0 aliphatic rings. The Bertz CT molecular complexity index is 543. The Kier molecular flexibility index (Phi) is 4.07. The van der Waals surface area contributed by atoms with Crippen LogP contribution in [-0.2, 0) is 11.3 Å². The molecule has 7 heteroatoms. The minimum Gasteiger partial charge on any atom is -0.444 e. The molecule has 5 nitrogen and oxygen atoms in total. The second-order valence-electron chi connectivity index (χ2n) is 3.43. The average Bonchev–Trinajstić information content (AvgIpc) is 2.83. The van der Waals surface area contributed by atoms with Crippen molar-refractivity contribution in [2.75, 3.05) is 5.32 Å². The topological polar surface area (TPSA) is 67.0 Å². The predicted octanol–water partition coefficient (Wildman–Crippen LogP) is 3.47. The van der Waals surface area contributed by atoms with Gasteiger partial charge in [0.25, 0.3) is 0 Å². The minimum atomic E-state index is -0.597. The zero-order valence-corrected chi connectivity index (χ0v) is 10.6. The number of carbonyl (C=O) groups is 1. The normalized spacial score (nSPS) is 10.1. The van der Waals surface area contributed by atoms with E-state index < -0.39 is 6.09 Å². The van der Waals surface area contributed by atoms with Crippen LogP contribution in [0, 0.1) is 0 Å². The van der Waals surface area contributed by atoms with E-state index in [9.17, 15) is 4.79 Å². The third-order valence-corrected chi connectivity index (χ3v) is 2.64. The van der Waals surface area contributed by atoms with Gasteiger partial charge in [-0.3, -0.25) is 10.4 Å². The summed E-state index contributed by atoms with van der Waals surface area (Å²) in [6.07, 6.45) is 2.62. The van der Waals surface area contributed by atoms with E-state index in [-0.39, 0.29) is 6.61 Å². The number of aromatic amines is 1. The third-order valence-electron chi connectivity index (χ3n) is 2.09. The number of carbonyl (C=O) groups excluding carboxylic acids is 1. The second kappa shape index (κ2) is 5.75. The number of halogens is 2. The summed E-state index contributed by atoms with van der Waals surface area (Å²) in [6, 6.07) is 4.76. The van der Waals surface area contributed by atoms with Crippen molar-refractivity contribution in [2.24, 2.45) is 0 Å². The molecule has 2 aromatic rings. The summed E-state index contributed by atoms with van der Waals surface area (Å²) in [5.74, 6) is 0. The van der Waals surface area contributed by atoms with Gasteiger partial charge >= 0.3 is 6.09 Å². The highest BCUT2D eigenvalue weighted by atomic mass is 35.5. The molecule has 1 aromatic heterocycles. The number of amides is 1. The van der Waals surface area contributed by atoms with Gasteiger partial charge in [-0.05, 0) is 18.2 Å². The van der Waals surface area contributed by atoms with Gasteiger partial charge in [0.2, 0.25) is 0 Å². The number of hydrogen-bond acceptors (Lipinski definition) is 3. The van der Waals surface area contributed by atoms with E-state index in [4.69, 9.17) is 27.9 Å². The highest BCUT2D eigenvalue weighted by Crippen LogP contribution is 2.25. The van der Waals surface area contributed by atoms with Crippen LogP contribution < -0.4 is 5.32 Å². The van der Waals surface area contributed by atoms with Crippen LogP contribution in [0.2, 0.25) is 10.0 Å². The quantitative estimate of drug-likeness (QED) is 0.907. The summed E-state index contributed by atoms with van der Waals surface area (Å²) >= 11 is 11.6. The highest BCUT2D eigenvalue weighted by Gasteiger charge is 2.07. The number of benzene rings is 1. The van der Waals surface area contributed by atoms with E-state index in [0.29, 0.717) is 15.7 Å². The average molecular weight is 286 g/mol. The van der Waals surface area contributed by atoms with E-state index in [1.54, 1.807) is 24.5 Å². The van der Waals surface area contributed by atoms with Gasteiger partial charge < -0.3 is 4.74 Å². The largest absolute Gasteiger partial charge is 0.444 e. The maximum absolute atomic E-state index is 11.5. The van der Waals surface area contributed by atoms with Crippen molar-refractivity contribution in [1.82, 2.24) is 10.2 Å². The molecule has 0 saturated heterocycles. The molecular weight excluding hydrogens is 277 g/mol. The fourth-order valence-corrected chi connectivity index (χ4v) is 1.70. The van der Waals surface area contributed by atoms with Crippen LogP contribution in [-0.4, -0.2) is 16.3 Å². The van der Waals surface area contributed by atoms with Crippen molar-refractivity contribution in [1.29, 1.82) is 0 Å². The Morgan fingerprint density at radius 1 is 1.44 bits per heavy atom. The summed E-state index contributed by atoms with van der Waals surface area (Å²) in [5, 5.41) is 9.72. The molecule has 0 bridgehead atoms. The van der Waals surface area contributed by atoms with Gasteiger partial charge in [0.15, 0.2) is 0 Å². The molecule has 0 fully saturated rings. The summed E-state index contributed by atoms with van der Waals surface area (Å²) in [7, 11) is 0. The van der Waals surface area contributed by atoms with Crippen LogP contribution in [0.1, 0.15) is 5.56 Å². The molecule has 2 rings (SSSR count). The third kappa shape index (κ3) is 3.38. The first-order valence-electron chi connectivity index (χ1n) is 5.01. The van der Waals surface area contributed by atoms with E-state index in [1.807, 2.05) is 0 Å². The number of rotatable bonds is 3. The molecular formula is C11H9Cl2N3O2. The molecule has 1 aromatic carbocycles. The van der Waals surface area contributed by atoms with Gasteiger partial charge in [-0.2, -0.15) is 5.10 Å². The Morgan fingerprint density at radius 2 is 2.28 bits per heavy atom. The van der Waals surface area contributed by atoms with Crippen LogP contribution >= 0.6 is 23.2 Å². The molecule has 1 heterocycles. The standard InChI is InChI=1S/C11H9Cl2N3O2/c12-8-1-2-10(9(13)3-8)16-11(17)18-6-7-4-14-15-5-7/h1-5H,6H2,(H,14,15)(H,16,17). The summed E-state index contributed by atoms with van der Waals surface area (Å²) in [5.41, 5.74) is 1.21. The van der Waals surface area contributed by atoms with Crippen LogP contribution in [0.25, 0.3) is 0 Å². The number of ether oxygens (including phenoxy) is 1. The number of aromatic nitrogens is 2. The number of hydrogen-bond donors (Lipinski definition) is 2. The molecule has 1 amide bonds.